The fraction of sp³-hybridized carbons (Fsp3) is 0.368. The molecule has 1 saturated carbocycles. The van der Waals surface area contributed by atoms with Crippen LogP contribution in [0.2, 0.25) is 0 Å². The highest BCUT2D eigenvalue weighted by atomic mass is 19.1. The molecule has 0 radical (unpaired) electrons. The number of hydrogen-bond acceptors (Lipinski definition) is 3. The molecule has 1 aromatic carbocycles. The van der Waals surface area contributed by atoms with E-state index in [2.05, 4.69) is 10.3 Å². The molecular formula is C19H21F2N3O. The summed E-state index contributed by atoms with van der Waals surface area (Å²) in [5.41, 5.74) is 1.03. The first kappa shape index (κ1) is 17.5. The summed E-state index contributed by atoms with van der Waals surface area (Å²) < 4.78 is 28.1. The van der Waals surface area contributed by atoms with Crippen LogP contribution in [0, 0.1) is 17.6 Å². The van der Waals surface area contributed by atoms with Gasteiger partial charge < -0.3 is 10.2 Å². The van der Waals surface area contributed by atoms with E-state index in [9.17, 15) is 13.6 Å². The van der Waals surface area contributed by atoms with Gasteiger partial charge in [0.1, 0.15) is 11.6 Å². The molecule has 25 heavy (non-hydrogen) atoms. The van der Waals surface area contributed by atoms with Gasteiger partial charge in [0.2, 0.25) is 5.91 Å². The highest BCUT2D eigenvalue weighted by Gasteiger charge is 2.44. The van der Waals surface area contributed by atoms with Crippen molar-refractivity contribution in [3.63, 3.8) is 0 Å². The third-order valence-electron chi connectivity index (χ3n) is 4.67. The normalized spacial score (nSPS) is 20.4. The lowest BCUT2D eigenvalue weighted by Crippen LogP contribution is -2.36. The number of likely N-dealkylation sites (N-methyl/N-ethyl adjacent to an activating group) is 1. The van der Waals surface area contributed by atoms with E-state index in [1.165, 1.54) is 18.2 Å². The molecule has 0 aliphatic heterocycles. The van der Waals surface area contributed by atoms with E-state index >= 15 is 0 Å². The minimum Gasteiger partial charge on any atom is -0.354 e. The molecular weight excluding hydrogens is 324 g/mol. The molecule has 1 fully saturated rings. The number of halogens is 2. The SMILES string of the molecule is CN(C)C(CNC(=O)C1CC1c1cccnc1)c1c(F)cccc1F. The molecule has 1 aliphatic carbocycles. The van der Waals surface area contributed by atoms with Gasteiger partial charge in [0.15, 0.2) is 0 Å². The summed E-state index contributed by atoms with van der Waals surface area (Å²) in [6.07, 6.45) is 4.25. The van der Waals surface area contributed by atoms with Crippen molar-refractivity contribution in [1.82, 2.24) is 15.2 Å². The van der Waals surface area contributed by atoms with Crippen LogP contribution in [0.25, 0.3) is 0 Å². The fourth-order valence-corrected chi connectivity index (χ4v) is 3.15. The Morgan fingerprint density at radius 1 is 1.28 bits per heavy atom. The van der Waals surface area contributed by atoms with Crippen LogP contribution in [0.4, 0.5) is 8.78 Å². The van der Waals surface area contributed by atoms with Crippen LogP contribution in [0.15, 0.2) is 42.7 Å². The number of nitrogens with one attached hydrogen (secondary N) is 1. The molecule has 1 amide bonds. The van der Waals surface area contributed by atoms with Gasteiger partial charge in [-0.05, 0) is 50.2 Å². The quantitative estimate of drug-likeness (QED) is 0.876. The lowest BCUT2D eigenvalue weighted by Gasteiger charge is -2.26. The average Bonchev–Trinajstić information content (AvgIpc) is 3.38. The van der Waals surface area contributed by atoms with Gasteiger partial charge in [0, 0.05) is 30.4 Å². The molecule has 3 unspecified atom stereocenters. The highest BCUT2D eigenvalue weighted by Crippen LogP contribution is 2.47. The zero-order chi connectivity index (χ0) is 18.0. The summed E-state index contributed by atoms with van der Waals surface area (Å²) in [7, 11) is 3.47. The van der Waals surface area contributed by atoms with Crippen molar-refractivity contribution in [1.29, 1.82) is 0 Å². The molecule has 1 N–H and O–H groups in total. The van der Waals surface area contributed by atoms with Gasteiger partial charge in [-0.1, -0.05) is 12.1 Å². The smallest absolute Gasteiger partial charge is 0.223 e. The van der Waals surface area contributed by atoms with E-state index in [-0.39, 0.29) is 29.9 Å². The van der Waals surface area contributed by atoms with Crippen LogP contribution in [-0.4, -0.2) is 36.4 Å². The van der Waals surface area contributed by atoms with Crippen LogP contribution in [0.5, 0.6) is 0 Å². The van der Waals surface area contributed by atoms with Crippen molar-refractivity contribution in [2.45, 2.75) is 18.4 Å². The lowest BCUT2D eigenvalue weighted by molar-refractivity contribution is -0.122. The number of rotatable bonds is 6. The first-order valence-corrected chi connectivity index (χ1v) is 8.27. The number of pyridine rings is 1. The Morgan fingerprint density at radius 2 is 2.00 bits per heavy atom. The Morgan fingerprint density at radius 3 is 2.60 bits per heavy atom. The van der Waals surface area contributed by atoms with Gasteiger partial charge in [-0.15, -0.1) is 0 Å². The number of carbonyl (C=O) groups is 1. The van der Waals surface area contributed by atoms with Crippen LogP contribution in [0.1, 0.15) is 29.5 Å². The molecule has 1 aromatic heterocycles. The van der Waals surface area contributed by atoms with Crippen LogP contribution in [-0.2, 0) is 4.79 Å². The largest absolute Gasteiger partial charge is 0.354 e. The maximum atomic E-state index is 14.1. The summed E-state index contributed by atoms with van der Waals surface area (Å²) in [4.78, 5) is 18.2. The van der Waals surface area contributed by atoms with Gasteiger partial charge in [-0.3, -0.25) is 9.78 Å². The van der Waals surface area contributed by atoms with Crippen molar-refractivity contribution < 1.29 is 13.6 Å². The van der Waals surface area contributed by atoms with Crippen LogP contribution < -0.4 is 5.32 Å². The summed E-state index contributed by atoms with van der Waals surface area (Å²) in [6.45, 7) is 0.153. The van der Waals surface area contributed by atoms with Crippen molar-refractivity contribution in [3.8, 4) is 0 Å². The summed E-state index contributed by atoms with van der Waals surface area (Å²) in [5, 5.41) is 2.84. The number of carbonyl (C=O) groups excluding carboxylic acids is 1. The Labute approximate surface area is 145 Å². The number of benzene rings is 1. The molecule has 1 heterocycles. The summed E-state index contributed by atoms with van der Waals surface area (Å²) >= 11 is 0. The number of aromatic nitrogens is 1. The molecule has 2 aromatic rings. The molecule has 132 valence electrons. The molecule has 4 nitrogen and oxygen atoms in total. The monoisotopic (exact) mass is 345 g/mol. The second kappa shape index (κ2) is 7.27. The topological polar surface area (TPSA) is 45.2 Å². The number of nitrogens with zero attached hydrogens (tertiary/aromatic N) is 2. The van der Waals surface area contributed by atoms with Gasteiger partial charge in [-0.2, -0.15) is 0 Å². The second-order valence-electron chi connectivity index (χ2n) is 6.59. The van der Waals surface area contributed by atoms with Crippen molar-refractivity contribution in [2.24, 2.45) is 5.92 Å². The van der Waals surface area contributed by atoms with Gasteiger partial charge in [0.25, 0.3) is 0 Å². The third-order valence-corrected chi connectivity index (χ3v) is 4.67. The maximum absolute atomic E-state index is 14.1. The minimum atomic E-state index is -0.604. The Balaban J connectivity index is 1.64. The predicted molar refractivity (Wildman–Crippen MR) is 90.9 cm³/mol. The Kier molecular flexibility index (Phi) is 5.08. The summed E-state index contributed by atoms with van der Waals surface area (Å²) in [5.74, 6) is -1.22. The van der Waals surface area contributed by atoms with E-state index in [1.54, 1.807) is 31.4 Å². The van der Waals surface area contributed by atoms with E-state index in [1.807, 2.05) is 12.1 Å². The summed E-state index contributed by atoms with van der Waals surface area (Å²) in [6, 6.07) is 7.04. The molecule has 1 aliphatic rings. The maximum Gasteiger partial charge on any atom is 0.223 e. The van der Waals surface area contributed by atoms with Crippen LogP contribution >= 0.6 is 0 Å². The minimum absolute atomic E-state index is 0.0209. The molecule has 3 atom stereocenters. The van der Waals surface area contributed by atoms with E-state index in [0.29, 0.717) is 0 Å². The van der Waals surface area contributed by atoms with Gasteiger partial charge >= 0.3 is 0 Å². The molecule has 0 bridgehead atoms. The average molecular weight is 345 g/mol. The predicted octanol–water partition coefficient (Wildman–Crippen LogP) is 2.88. The van der Waals surface area contributed by atoms with Gasteiger partial charge in [0.05, 0.1) is 6.04 Å². The molecule has 0 spiro atoms. The molecule has 0 saturated heterocycles. The van der Waals surface area contributed by atoms with Crippen molar-refractivity contribution in [2.75, 3.05) is 20.6 Å². The van der Waals surface area contributed by atoms with Crippen molar-refractivity contribution >= 4 is 5.91 Å². The fourth-order valence-electron chi connectivity index (χ4n) is 3.15. The second-order valence-corrected chi connectivity index (χ2v) is 6.59. The number of amides is 1. The van der Waals surface area contributed by atoms with Gasteiger partial charge in [-0.25, -0.2) is 8.78 Å². The van der Waals surface area contributed by atoms with E-state index in [4.69, 9.17) is 0 Å². The van der Waals surface area contributed by atoms with E-state index in [0.717, 1.165) is 12.0 Å². The number of hydrogen-bond donors (Lipinski definition) is 1. The zero-order valence-electron chi connectivity index (χ0n) is 14.2. The highest BCUT2D eigenvalue weighted by molar-refractivity contribution is 5.82. The van der Waals surface area contributed by atoms with Crippen LogP contribution in [0.3, 0.4) is 0 Å². The standard InChI is InChI=1S/C19H21F2N3O/c1-24(2)17(18-15(20)6-3-7-16(18)21)11-23-19(25)14-9-13(14)12-5-4-8-22-10-12/h3-8,10,13-14,17H,9,11H2,1-2H3,(H,23,25). The first-order valence-electron chi connectivity index (χ1n) is 8.27. The Bertz CT molecular complexity index is 731. The van der Waals surface area contributed by atoms with Crippen molar-refractivity contribution in [3.05, 3.63) is 65.5 Å². The molecule has 6 heteroatoms. The Hall–Kier alpha value is -2.34. The third kappa shape index (κ3) is 3.85. The zero-order valence-corrected chi connectivity index (χ0v) is 14.2. The lowest BCUT2D eigenvalue weighted by atomic mass is 10.0. The first-order chi connectivity index (χ1) is 12.0. The molecule has 3 rings (SSSR count). The van der Waals surface area contributed by atoms with E-state index < -0.39 is 17.7 Å².